The molecule has 51 valence electrons. The zero-order valence-corrected chi connectivity index (χ0v) is 6.14. The normalized spacial score (nSPS) is 10.6. The second kappa shape index (κ2) is 2.67. The summed E-state index contributed by atoms with van der Waals surface area (Å²) in [5.41, 5.74) is -0.273. The first-order valence-corrected chi connectivity index (χ1v) is 2.85. The number of nitrogens with zero attached hydrogens (tertiary/aromatic N) is 1. The van der Waals surface area contributed by atoms with Gasteiger partial charge in [-0.2, -0.15) is 0 Å². The maximum atomic E-state index is 10.5. The molecular weight excluding hydrogens is 114 g/mol. The largest absolute Gasteiger partial charge is 0.268 e. The lowest BCUT2D eigenvalue weighted by molar-refractivity contribution is -0.118. The van der Waals surface area contributed by atoms with E-state index >= 15 is 0 Å². The minimum Gasteiger partial charge on any atom is -0.268 e. The van der Waals surface area contributed by atoms with Crippen LogP contribution in [0.2, 0.25) is 0 Å². The lowest BCUT2D eigenvalue weighted by Crippen LogP contribution is -2.32. The van der Waals surface area contributed by atoms with Crippen molar-refractivity contribution in [3.63, 3.8) is 0 Å². The molecule has 0 unspecified atom stereocenters. The Morgan fingerprint density at radius 1 is 1.56 bits per heavy atom. The summed E-state index contributed by atoms with van der Waals surface area (Å²) in [5, 5.41) is 3.77. The number of carbonyl (C=O) groups excluding carboxylic acids is 1. The van der Waals surface area contributed by atoms with Gasteiger partial charge in [-0.1, -0.05) is 6.58 Å². The van der Waals surface area contributed by atoms with E-state index in [1.807, 2.05) is 20.8 Å². The molecule has 0 saturated heterocycles. The van der Waals surface area contributed by atoms with Gasteiger partial charge in [0, 0.05) is 0 Å². The summed E-state index contributed by atoms with van der Waals surface area (Å²) in [7, 11) is 0. The van der Waals surface area contributed by atoms with Crippen molar-refractivity contribution in [2.24, 2.45) is 0 Å². The summed E-state index contributed by atoms with van der Waals surface area (Å²) in [5.74, 6) is -0.248. The van der Waals surface area contributed by atoms with E-state index in [9.17, 15) is 4.79 Å². The van der Waals surface area contributed by atoms with Gasteiger partial charge in [0.25, 0.3) is 5.91 Å². The van der Waals surface area contributed by atoms with Crippen molar-refractivity contribution in [3.05, 3.63) is 12.7 Å². The van der Waals surface area contributed by atoms with Crippen LogP contribution in [0.4, 0.5) is 0 Å². The van der Waals surface area contributed by atoms with E-state index in [4.69, 9.17) is 0 Å². The lowest BCUT2D eigenvalue weighted by atomic mass is 10.1. The highest BCUT2D eigenvalue weighted by Gasteiger charge is 2.13. The Morgan fingerprint density at radius 3 is 2.11 bits per heavy atom. The van der Waals surface area contributed by atoms with E-state index < -0.39 is 0 Å². The fourth-order valence-corrected chi connectivity index (χ4v) is 0.376. The molecule has 2 heteroatoms. The number of amides is 1. The minimum atomic E-state index is -0.273. The smallest absolute Gasteiger partial charge is 0.265 e. The van der Waals surface area contributed by atoms with Crippen LogP contribution < -0.4 is 5.32 Å². The molecule has 9 heavy (non-hydrogen) atoms. The van der Waals surface area contributed by atoms with E-state index in [1.165, 1.54) is 6.08 Å². The third kappa shape index (κ3) is 5.07. The Balaban J connectivity index is 3.74. The molecule has 0 saturated carbocycles. The maximum Gasteiger partial charge on any atom is 0.265 e. The van der Waals surface area contributed by atoms with Crippen LogP contribution in [0.1, 0.15) is 20.8 Å². The topological polar surface area (TPSA) is 31.2 Å². The molecule has 0 aromatic heterocycles. The van der Waals surface area contributed by atoms with Crippen molar-refractivity contribution in [2.75, 3.05) is 0 Å². The second-order valence-electron chi connectivity index (χ2n) is 2.82. The van der Waals surface area contributed by atoms with Crippen LogP contribution in [0, 0.1) is 0 Å². The molecule has 1 radical (unpaired) electrons. The monoisotopic (exact) mass is 126 g/mol. The minimum absolute atomic E-state index is 0.248. The second-order valence-corrected chi connectivity index (χ2v) is 2.82. The Labute approximate surface area is 56.0 Å². The first kappa shape index (κ1) is 8.21. The predicted octanol–water partition coefficient (Wildman–Crippen LogP) is 1.10. The highest BCUT2D eigenvalue weighted by molar-refractivity contribution is 5.87. The summed E-state index contributed by atoms with van der Waals surface area (Å²) in [6.07, 6.45) is 1.21. The Hall–Kier alpha value is -0.790. The van der Waals surface area contributed by atoms with Crippen molar-refractivity contribution in [2.45, 2.75) is 26.3 Å². The molecule has 0 aliphatic rings. The predicted molar refractivity (Wildman–Crippen MR) is 37.1 cm³/mol. The van der Waals surface area contributed by atoms with Crippen LogP contribution in [-0.4, -0.2) is 11.4 Å². The van der Waals surface area contributed by atoms with Gasteiger partial charge < -0.3 is 0 Å². The molecular formula is C7H12NO. The molecule has 0 N–H and O–H groups in total. The van der Waals surface area contributed by atoms with Gasteiger partial charge in [0.1, 0.15) is 0 Å². The highest BCUT2D eigenvalue weighted by atomic mass is 16.1. The third-order valence-corrected chi connectivity index (χ3v) is 0.620. The van der Waals surface area contributed by atoms with Crippen molar-refractivity contribution in [1.82, 2.24) is 5.32 Å². The molecule has 1 amide bonds. The molecule has 0 fully saturated rings. The molecule has 0 rings (SSSR count). The first-order valence-electron chi connectivity index (χ1n) is 2.85. The average molecular weight is 126 g/mol. The SMILES string of the molecule is C=CC(=O)[N]C(C)(C)C. The van der Waals surface area contributed by atoms with Gasteiger partial charge in [-0.15, -0.1) is 0 Å². The van der Waals surface area contributed by atoms with Crippen LogP contribution in [0.5, 0.6) is 0 Å². The van der Waals surface area contributed by atoms with Crippen LogP contribution in [0.3, 0.4) is 0 Å². The number of hydrogen-bond acceptors (Lipinski definition) is 1. The van der Waals surface area contributed by atoms with Crippen molar-refractivity contribution < 1.29 is 4.79 Å². The van der Waals surface area contributed by atoms with Gasteiger partial charge in [0.05, 0.1) is 5.54 Å². The first-order chi connectivity index (χ1) is 3.95. The molecule has 0 heterocycles. The summed E-state index contributed by atoms with van der Waals surface area (Å²) in [6.45, 7) is 8.91. The molecule has 0 aliphatic heterocycles. The standard InChI is InChI=1S/C7H12NO/c1-5-6(9)8-7(2,3)4/h5H,1H2,2-4H3. The number of carbonyl (C=O) groups is 1. The van der Waals surface area contributed by atoms with Crippen LogP contribution >= 0.6 is 0 Å². The van der Waals surface area contributed by atoms with Gasteiger partial charge in [-0.25, -0.2) is 5.32 Å². The van der Waals surface area contributed by atoms with E-state index in [2.05, 4.69) is 11.9 Å². The van der Waals surface area contributed by atoms with Gasteiger partial charge >= 0.3 is 0 Å². The zero-order valence-electron chi connectivity index (χ0n) is 6.14. The van der Waals surface area contributed by atoms with Gasteiger partial charge in [-0.3, -0.25) is 4.79 Å². The number of hydrogen-bond donors (Lipinski definition) is 0. The van der Waals surface area contributed by atoms with E-state index in [-0.39, 0.29) is 11.4 Å². The quantitative estimate of drug-likeness (QED) is 0.484. The van der Waals surface area contributed by atoms with Crippen LogP contribution in [0.15, 0.2) is 12.7 Å². The van der Waals surface area contributed by atoms with Crippen molar-refractivity contribution in [1.29, 1.82) is 0 Å². The average Bonchev–Trinajstić information content (AvgIpc) is 1.62. The van der Waals surface area contributed by atoms with E-state index in [1.54, 1.807) is 0 Å². The molecule has 0 spiro atoms. The van der Waals surface area contributed by atoms with Gasteiger partial charge in [-0.05, 0) is 26.8 Å². The molecule has 2 nitrogen and oxygen atoms in total. The van der Waals surface area contributed by atoms with Crippen molar-refractivity contribution in [3.8, 4) is 0 Å². The maximum absolute atomic E-state index is 10.5. The molecule has 0 aromatic carbocycles. The Bertz CT molecular complexity index is 121. The fourth-order valence-electron chi connectivity index (χ4n) is 0.376. The fraction of sp³-hybridized carbons (Fsp3) is 0.571. The van der Waals surface area contributed by atoms with Crippen molar-refractivity contribution >= 4 is 5.91 Å². The Kier molecular flexibility index (Phi) is 2.43. The summed E-state index contributed by atoms with van der Waals surface area (Å²) in [4.78, 5) is 10.5. The highest BCUT2D eigenvalue weighted by Crippen LogP contribution is 1.99. The zero-order chi connectivity index (χ0) is 7.49. The van der Waals surface area contributed by atoms with E-state index in [0.717, 1.165) is 0 Å². The van der Waals surface area contributed by atoms with Gasteiger partial charge in [0.15, 0.2) is 0 Å². The summed E-state index contributed by atoms with van der Waals surface area (Å²) in [6, 6.07) is 0. The van der Waals surface area contributed by atoms with Crippen LogP contribution in [0.25, 0.3) is 0 Å². The number of rotatable bonds is 1. The molecule has 0 aromatic rings. The molecule has 0 aliphatic carbocycles. The van der Waals surface area contributed by atoms with E-state index in [0.29, 0.717) is 0 Å². The summed E-state index contributed by atoms with van der Waals surface area (Å²) >= 11 is 0. The lowest BCUT2D eigenvalue weighted by Gasteiger charge is -2.14. The Morgan fingerprint density at radius 2 is 2.00 bits per heavy atom. The summed E-state index contributed by atoms with van der Waals surface area (Å²) < 4.78 is 0. The van der Waals surface area contributed by atoms with Gasteiger partial charge in [0.2, 0.25) is 0 Å². The third-order valence-electron chi connectivity index (χ3n) is 0.620. The van der Waals surface area contributed by atoms with Crippen LogP contribution in [-0.2, 0) is 4.79 Å². The molecule has 0 atom stereocenters. The molecule has 0 bridgehead atoms.